The van der Waals surface area contributed by atoms with Gasteiger partial charge in [-0.05, 0) is 89.9 Å². The van der Waals surface area contributed by atoms with E-state index in [0.717, 1.165) is 96.3 Å². The molecule has 0 aliphatic rings. The summed E-state index contributed by atoms with van der Waals surface area (Å²) in [6.45, 7) is 3.37. The predicted octanol–water partition coefficient (Wildman–Crippen LogP) is 12.1. The van der Waals surface area contributed by atoms with E-state index in [1.807, 2.05) is 12.2 Å². The van der Waals surface area contributed by atoms with Crippen molar-refractivity contribution in [3.05, 3.63) is 122 Å². The van der Waals surface area contributed by atoms with Crippen LogP contribution in [0.15, 0.2) is 122 Å². The van der Waals surface area contributed by atoms with Crippen LogP contribution in [0.25, 0.3) is 0 Å². The minimum Gasteiger partial charge on any atom is -0.480 e. The Morgan fingerprint density at radius 2 is 0.932 bits per heavy atom. The van der Waals surface area contributed by atoms with Gasteiger partial charge in [-0.3, -0.25) is 18.6 Å². The molecule has 0 heterocycles. The third kappa shape index (κ3) is 42.3. The third-order valence-corrected chi connectivity index (χ3v) is 9.21. The van der Waals surface area contributed by atoms with E-state index in [9.17, 15) is 19.0 Å². The summed E-state index contributed by atoms with van der Waals surface area (Å²) in [5.74, 6) is -1.84. The summed E-state index contributed by atoms with van der Waals surface area (Å²) in [5, 5.41) is 8.90. The molecule has 11 heteroatoms. The Labute approximate surface area is 356 Å². The van der Waals surface area contributed by atoms with Gasteiger partial charge in [-0.2, -0.15) is 0 Å². The highest BCUT2D eigenvalue weighted by molar-refractivity contribution is 7.47. The molecule has 0 aliphatic heterocycles. The first-order chi connectivity index (χ1) is 28.7. The fraction of sp³-hybridized carbons (Fsp3) is 0.542. The Bertz CT molecular complexity index is 1390. The second-order valence-corrected chi connectivity index (χ2v) is 15.2. The third-order valence-electron chi connectivity index (χ3n) is 8.26. The Balaban J connectivity index is 4.42. The molecule has 0 spiro atoms. The average Bonchev–Trinajstić information content (AvgIpc) is 3.21. The number of ether oxygens (including phenoxy) is 2. The van der Waals surface area contributed by atoms with E-state index in [4.69, 9.17) is 29.4 Å². The van der Waals surface area contributed by atoms with Gasteiger partial charge in [0.25, 0.3) is 0 Å². The molecule has 4 N–H and O–H groups in total. The van der Waals surface area contributed by atoms with Gasteiger partial charge in [0.1, 0.15) is 12.1 Å². The molecule has 0 saturated heterocycles. The van der Waals surface area contributed by atoms with Crippen molar-refractivity contribution < 1.29 is 42.7 Å². The number of carboxylic acids is 1. The SMILES string of the molecule is CC/C=C\C/C=C\C/C=C\C/C=C\C/C=C\CCCCCCCC(=O)OC(COCC/C=C\C/C=C\C/C=C\C/C=C\C/C=C\CC)COP(=O)(O)OCC(N)C(=O)O. The lowest BCUT2D eigenvalue weighted by Gasteiger charge is -2.20. The highest BCUT2D eigenvalue weighted by Crippen LogP contribution is 2.43. The molecule has 0 bridgehead atoms. The number of aliphatic carboxylic acids is 1. The van der Waals surface area contributed by atoms with Crippen LogP contribution < -0.4 is 5.73 Å². The number of hydrogen-bond acceptors (Lipinski definition) is 8. The number of unbranched alkanes of at least 4 members (excludes halogenated alkanes) is 5. The molecule has 0 saturated carbocycles. The molecule has 59 heavy (non-hydrogen) atoms. The fourth-order valence-electron chi connectivity index (χ4n) is 4.99. The van der Waals surface area contributed by atoms with Crippen LogP contribution in [-0.2, 0) is 32.7 Å². The van der Waals surface area contributed by atoms with Crippen LogP contribution in [0.1, 0.15) is 129 Å². The molecule has 0 aliphatic carbocycles. The molecule has 0 aromatic heterocycles. The molecule has 3 unspecified atom stereocenters. The van der Waals surface area contributed by atoms with Crippen molar-refractivity contribution in [2.45, 2.75) is 142 Å². The van der Waals surface area contributed by atoms with E-state index >= 15 is 0 Å². The number of esters is 1. The Kier molecular flexibility index (Phi) is 39.9. The van der Waals surface area contributed by atoms with Crippen molar-refractivity contribution in [1.29, 1.82) is 0 Å². The van der Waals surface area contributed by atoms with Crippen molar-refractivity contribution in [3.8, 4) is 0 Å². The Hall–Kier alpha value is -3.63. The number of carbonyl (C=O) groups is 2. The zero-order chi connectivity index (χ0) is 43.3. The van der Waals surface area contributed by atoms with E-state index in [0.29, 0.717) is 19.4 Å². The zero-order valence-electron chi connectivity index (χ0n) is 36.0. The van der Waals surface area contributed by atoms with E-state index in [1.165, 1.54) is 0 Å². The van der Waals surface area contributed by atoms with Gasteiger partial charge in [-0.25, -0.2) is 4.57 Å². The molecule has 0 aromatic carbocycles. The number of allylic oxidation sites excluding steroid dienone is 19. The van der Waals surface area contributed by atoms with Crippen molar-refractivity contribution in [2.24, 2.45) is 5.73 Å². The highest BCUT2D eigenvalue weighted by atomic mass is 31.2. The van der Waals surface area contributed by atoms with E-state index in [1.54, 1.807) is 0 Å². The number of carboxylic acid groups (broad SMARTS) is 1. The molecular formula is C48H76NO9P. The highest BCUT2D eigenvalue weighted by Gasteiger charge is 2.27. The van der Waals surface area contributed by atoms with Gasteiger partial charge in [0.15, 0.2) is 0 Å². The molecule has 0 amide bonds. The second kappa shape index (κ2) is 42.5. The molecule has 0 aromatic rings. The van der Waals surface area contributed by atoms with Crippen LogP contribution >= 0.6 is 7.82 Å². The lowest BCUT2D eigenvalue weighted by Crippen LogP contribution is -2.34. The summed E-state index contributed by atoms with van der Waals surface area (Å²) in [6, 6.07) is -1.50. The van der Waals surface area contributed by atoms with Crippen LogP contribution in [0.2, 0.25) is 0 Å². The Morgan fingerprint density at radius 3 is 1.39 bits per heavy atom. The summed E-state index contributed by atoms with van der Waals surface area (Å²) < 4.78 is 33.2. The molecule has 332 valence electrons. The van der Waals surface area contributed by atoms with Gasteiger partial charge in [0, 0.05) is 6.42 Å². The van der Waals surface area contributed by atoms with Gasteiger partial charge < -0.3 is 25.2 Å². The molecule has 0 radical (unpaired) electrons. The first-order valence-electron chi connectivity index (χ1n) is 21.6. The van der Waals surface area contributed by atoms with Crippen LogP contribution in [0.3, 0.4) is 0 Å². The second-order valence-electron chi connectivity index (χ2n) is 13.7. The number of rotatable bonds is 39. The van der Waals surface area contributed by atoms with E-state index < -0.39 is 45.1 Å². The van der Waals surface area contributed by atoms with Crippen molar-refractivity contribution in [2.75, 3.05) is 26.4 Å². The van der Waals surface area contributed by atoms with Crippen molar-refractivity contribution in [1.82, 2.24) is 0 Å². The normalized spacial score (nSPS) is 15.1. The first-order valence-corrected chi connectivity index (χ1v) is 23.1. The average molecular weight is 842 g/mol. The topological polar surface area (TPSA) is 155 Å². The van der Waals surface area contributed by atoms with Gasteiger partial charge in [0.2, 0.25) is 0 Å². The largest absolute Gasteiger partial charge is 0.480 e. The summed E-state index contributed by atoms with van der Waals surface area (Å²) in [6.07, 6.45) is 58.4. The quantitative estimate of drug-likeness (QED) is 0.0236. The zero-order valence-corrected chi connectivity index (χ0v) is 36.9. The summed E-state index contributed by atoms with van der Waals surface area (Å²) >= 11 is 0. The number of hydrogen-bond donors (Lipinski definition) is 3. The number of phosphoric ester groups is 1. The molecular weight excluding hydrogens is 766 g/mol. The van der Waals surface area contributed by atoms with Crippen LogP contribution in [0.4, 0.5) is 0 Å². The smallest absolute Gasteiger partial charge is 0.472 e. The summed E-state index contributed by atoms with van der Waals surface area (Å²) in [5.41, 5.74) is 5.35. The van der Waals surface area contributed by atoms with E-state index in [2.05, 4.69) is 123 Å². The minimum absolute atomic E-state index is 0.0547. The van der Waals surface area contributed by atoms with Crippen LogP contribution in [0.5, 0.6) is 0 Å². The van der Waals surface area contributed by atoms with Crippen LogP contribution in [0, 0.1) is 0 Å². The minimum atomic E-state index is -4.65. The summed E-state index contributed by atoms with van der Waals surface area (Å²) in [7, 11) is -4.65. The van der Waals surface area contributed by atoms with Gasteiger partial charge in [-0.1, -0.05) is 155 Å². The Morgan fingerprint density at radius 1 is 0.542 bits per heavy atom. The maximum atomic E-state index is 12.6. The lowest BCUT2D eigenvalue weighted by molar-refractivity contribution is -0.154. The monoisotopic (exact) mass is 842 g/mol. The molecule has 0 fully saturated rings. The van der Waals surface area contributed by atoms with Crippen molar-refractivity contribution >= 4 is 19.8 Å². The fourth-order valence-corrected chi connectivity index (χ4v) is 5.76. The molecule has 3 atom stereocenters. The van der Waals surface area contributed by atoms with Crippen LogP contribution in [-0.4, -0.2) is 60.5 Å². The van der Waals surface area contributed by atoms with Gasteiger partial charge in [-0.15, -0.1) is 0 Å². The predicted molar refractivity (Wildman–Crippen MR) is 244 cm³/mol. The lowest BCUT2D eigenvalue weighted by atomic mass is 10.1. The van der Waals surface area contributed by atoms with Crippen molar-refractivity contribution in [3.63, 3.8) is 0 Å². The summed E-state index contributed by atoms with van der Waals surface area (Å²) in [4.78, 5) is 33.5. The van der Waals surface area contributed by atoms with Gasteiger partial charge in [0.05, 0.1) is 26.4 Å². The standard InChI is InChI=1S/C48H76NO9P/c1-3-5-7-9-11-13-15-17-19-21-22-23-24-25-26-28-30-32-34-36-38-40-47(50)58-45(43-56-59(53,54)57-44-46(49)48(51)52)42-55-41-39-37-35-33-31-29-27-20-18-16-14-12-10-8-6-4-2/h5-8,11-14,17-20,22-23,25-26,29,31,35,37,45-46H,3-4,9-10,15-16,21,24,27-28,30,32-34,36,38-44,49H2,1-2H3,(H,51,52)(H,53,54)/b7-5-,8-6-,13-11-,14-12-,19-17-,20-18-,23-22-,26-25-,31-29-,37-35-. The maximum Gasteiger partial charge on any atom is 0.472 e. The van der Waals surface area contributed by atoms with Gasteiger partial charge >= 0.3 is 19.8 Å². The maximum absolute atomic E-state index is 12.6. The number of carbonyl (C=O) groups excluding carboxylic acids is 1. The number of phosphoric acid groups is 1. The molecule has 10 nitrogen and oxygen atoms in total. The molecule has 0 rings (SSSR count). The number of nitrogens with two attached hydrogens (primary N) is 1. The first kappa shape index (κ1) is 55.4. The van der Waals surface area contributed by atoms with E-state index in [-0.39, 0.29) is 13.0 Å².